The van der Waals surface area contributed by atoms with Crippen molar-refractivity contribution in [3.05, 3.63) is 35.7 Å². The standard InChI is InChI=1S/C14H22N2O4/c1-15(2)10-8-7-9-11(16(3)4)12(13(17)19-5)14(18)20-6/h7-10H,1-6H3/p+1/b9-7+,10-8+. The Labute approximate surface area is 119 Å². The lowest BCUT2D eigenvalue weighted by Crippen LogP contribution is -3.00. The number of quaternary nitrogens is 1. The van der Waals surface area contributed by atoms with E-state index in [1.165, 1.54) is 14.2 Å². The number of methoxy groups -OCH3 is 2. The van der Waals surface area contributed by atoms with E-state index in [9.17, 15) is 9.59 Å². The maximum atomic E-state index is 11.7. The van der Waals surface area contributed by atoms with Gasteiger partial charge in [0, 0.05) is 14.1 Å². The van der Waals surface area contributed by atoms with Gasteiger partial charge in [0.25, 0.3) is 0 Å². The first kappa shape index (κ1) is 17.9. The van der Waals surface area contributed by atoms with Gasteiger partial charge in [-0.05, 0) is 12.2 Å². The normalized spacial score (nSPS) is 10.9. The summed E-state index contributed by atoms with van der Waals surface area (Å²) in [6, 6.07) is 0. The lowest BCUT2D eigenvalue weighted by Gasteiger charge is -2.17. The van der Waals surface area contributed by atoms with Crippen LogP contribution < -0.4 is 4.90 Å². The van der Waals surface area contributed by atoms with Crippen LogP contribution in [0.3, 0.4) is 0 Å². The zero-order valence-corrected chi connectivity index (χ0v) is 12.9. The molecule has 0 bridgehead atoms. The van der Waals surface area contributed by atoms with E-state index in [-0.39, 0.29) is 5.57 Å². The van der Waals surface area contributed by atoms with Gasteiger partial charge in [-0.2, -0.15) is 0 Å². The number of likely N-dealkylation sites (N-methyl/N-ethyl adjacent to an activating group) is 1. The van der Waals surface area contributed by atoms with Crippen LogP contribution in [0, 0.1) is 0 Å². The van der Waals surface area contributed by atoms with E-state index < -0.39 is 11.9 Å². The summed E-state index contributed by atoms with van der Waals surface area (Å²) < 4.78 is 9.26. The third-order valence-corrected chi connectivity index (χ3v) is 2.31. The van der Waals surface area contributed by atoms with Crippen LogP contribution in [0.2, 0.25) is 0 Å². The molecule has 0 atom stereocenters. The average molecular weight is 283 g/mol. The maximum absolute atomic E-state index is 11.7. The molecule has 0 saturated heterocycles. The maximum Gasteiger partial charge on any atom is 0.347 e. The second-order valence-corrected chi connectivity index (χ2v) is 4.43. The second kappa shape index (κ2) is 8.92. The summed E-state index contributed by atoms with van der Waals surface area (Å²) in [7, 11) is 9.84. The van der Waals surface area contributed by atoms with Crippen molar-refractivity contribution < 1.29 is 24.0 Å². The summed E-state index contributed by atoms with van der Waals surface area (Å²) in [5.74, 6) is -1.46. The Morgan fingerprint density at radius 2 is 1.50 bits per heavy atom. The fourth-order valence-electron chi connectivity index (χ4n) is 1.35. The van der Waals surface area contributed by atoms with Gasteiger partial charge >= 0.3 is 11.9 Å². The van der Waals surface area contributed by atoms with Crippen LogP contribution >= 0.6 is 0 Å². The van der Waals surface area contributed by atoms with E-state index in [0.29, 0.717) is 5.70 Å². The number of hydrogen-bond donors (Lipinski definition) is 1. The Bertz CT molecular complexity index is 416. The molecular formula is C14H23N2O4+. The van der Waals surface area contributed by atoms with Crippen LogP contribution in [-0.2, 0) is 19.1 Å². The molecule has 112 valence electrons. The number of rotatable bonds is 6. The molecule has 0 amide bonds. The molecule has 0 aromatic carbocycles. The SMILES string of the molecule is COC(=O)C(C(=O)OC)=C(/C=C/C=C/[NH+](C)C)N(C)C. The second-order valence-electron chi connectivity index (χ2n) is 4.43. The first-order chi connectivity index (χ1) is 9.34. The van der Waals surface area contributed by atoms with Crippen LogP contribution in [0.1, 0.15) is 0 Å². The number of nitrogens with one attached hydrogen (secondary N) is 1. The highest BCUT2D eigenvalue weighted by Crippen LogP contribution is 2.13. The number of carbonyl (C=O) groups is 2. The minimum atomic E-state index is -0.729. The van der Waals surface area contributed by atoms with E-state index in [4.69, 9.17) is 0 Å². The molecule has 0 unspecified atom stereocenters. The summed E-state index contributed by atoms with van der Waals surface area (Å²) in [4.78, 5) is 26.3. The quantitative estimate of drug-likeness (QED) is 0.231. The van der Waals surface area contributed by atoms with Gasteiger partial charge in [0.2, 0.25) is 0 Å². The van der Waals surface area contributed by atoms with Gasteiger partial charge in [-0.1, -0.05) is 6.08 Å². The van der Waals surface area contributed by atoms with Gasteiger partial charge in [-0.25, -0.2) is 9.59 Å². The van der Waals surface area contributed by atoms with Crippen LogP contribution in [0.5, 0.6) is 0 Å². The third kappa shape index (κ3) is 5.71. The van der Waals surface area contributed by atoms with Crippen molar-refractivity contribution in [3.63, 3.8) is 0 Å². The Balaban J connectivity index is 5.60. The summed E-state index contributed by atoms with van der Waals surface area (Å²) in [5.41, 5.74) is 0.281. The Kier molecular flexibility index (Phi) is 8.00. The van der Waals surface area contributed by atoms with E-state index in [1.54, 1.807) is 31.1 Å². The molecule has 0 aliphatic rings. The highest BCUT2D eigenvalue weighted by molar-refractivity contribution is 6.15. The van der Waals surface area contributed by atoms with Crippen molar-refractivity contribution >= 4 is 11.9 Å². The fourth-order valence-corrected chi connectivity index (χ4v) is 1.35. The minimum Gasteiger partial charge on any atom is -0.465 e. The number of hydrogen-bond acceptors (Lipinski definition) is 5. The third-order valence-electron chi connectivity index (χ3n) is 2.31. The van der Waals surface area contributed by atoms with Gasteiger partial charge in [0.15, 0.2) is 5.57 Å². The zero-order valence-electron chi connectivity index (χ0n) is 12.9. The molecule has 20 heavy (non-hydrogen) atoms. The number of carbonyl (C=O) groups excluding carboxylic acids is 2. The summed E-state index contributed by atoms with van der Waals surface area (Å²) in [6.45, 7) is 0. The van der Waals surface area contributed by atoms with Crippen LogP contribution in [0.4, 0.5) is 0 Å². The first-order valence-corrected chi connectivity index (χ1v) is 6.08. The topological polar surface area (TPSA) is 60.3 Å². The molecule has 0 spiro atoms. The van der Waals surface area contributed by atoms with E-state index in [2.05, 4.69) is 9.47 Å². The predicted molar refractivity (Wildman–Crippen MR) is 75.8 cm³/mol. The van der Waals surface area contributed by atoms with Crippen LogP contribution in [0.15, 0.2) is 35.7 Å². The summed E-state index contributed by atoms with van der Waals surface area (Å²) in [5, 5.41) is 0. The fraction of sp³-hybridized carbons (Fsp3) is 0.429. The molecule has 6 nitrogen and oxygen atoms in total. The van der Waals surface area contributed by atoms with Crippen molar-refractivity contribution in [3.8, 4) is 0 Å². The molecule has 0 aliphatic carbocycles. The Hall–Kier alpha value is -2.08. The Morgan fingerprint density at radius 1 is 1.00 bits per heavy atom. The van der Waals surface area contributed by atoms with E-state index in [1.807, 2.05) is 26.4 Å². The summed E-state index contributed by atoms with van der Waals surface area (Å²) in [6.07, 6.45) is 7.14. The first-order valence-electron chi connectivity index (χ1n) is 6.08. The summed E-state index contributed by atoms with van der Waals surface area (Å²) >= 11 is 0. The molecule has 0 heterocycles. The van der Waals surface area contributed by atoms with Crippen LogP contribution in [-0.4, -0.2) is 59.2 Å². The van der Waals surface area contributed by atoms with Gasteiger partial charge in [-0.3, -0.25) is 0 Å². The van der Waals surface area contributed by atoms with Crippen molar-refractivity contribution in [2.75, 3.05) is 42.4 Å². The largest absolute Gasteiger partial charge is 0.465 e. The van der Waals surface area contributed by atoms with E-state index in [0.717, 1.165) is 4.90 Å². The van der Waals surface area contributed by atoms with Gasteiger partial charge < -0.3 is 19.3 Å². The molecule has 6 heteroatoms. The molecule has 0 aromatic rings. The highest BCUT2D eigenvalue weighted by atomic mass is 16.5. The molecule has 0 saturated carbocycles. The Morgan fingerprint density at radius 3 is 1.85 bits per heavy atom. The van der Waals surface area contributed by atoms with Crippen molar-refractivity contribution in [2.24, 2.45) is 0 Å². The lowest BCUT2D eigenvalue weighted by atomic mass is 10.1. The van der Waals surface area contributed by atoms with Gasteiger partial charge in [0.1, 0.15) is 0 Å². The molecule has 0 radical (unpaired) electrons. The molecule has 1 N–H and O–H groups in total. The van der Waals surface area contributed by atoms with Gasteiger partial charge in [-0.15, -0.1) is 0 Å². The molecule has 0 fully saturated rings. The lowest BCUT2D eigenvalue weighted by molar-refractivity contribution is -0.801. The van der Waals surface area contributed by atoms with Crippen LogP contribution in [0.25, 0.3) is 0 Å². The monoisotopic (exact) mass is 283 g/mol. The minimum absolute atomic E-state index is 0.137. The zero-order chi connectivity index (χ0) is 15.7. The van der Waals surface area contributed by atoms with E-state index >= 15 is 0 Å². The highest BCUT2D eigenvalue weighted by Gasteiger charge is 2.24. The number of nitrogens with zero attached hydrogens (tertiary/aromatic N) is 1. The average Bonchev–Trinajstić information content (AvgIpc) is 2.40. The number of allylic oxidation sites excluding steroid dienone is 3. The molecular weight excluding hydrogens is 260 g/mol. The van der Waals surface area contributed by atoms with Crippen molar-refractivity contribution in [1.82, 2.24) is 4.90 Å². The van der Waals surface area contributed by atoms with Crippen molar-refractivity contribution in [1.29, 1.82) is 0 Å². The van der Waals surface area contributed by atoms with Gasteiger partial charge in [0.05, 0.1) is 40.2 Å². The molecule has 0 aromatic heterocycles. The smallest absolute Gasteiger partial charge is 0.347 e. The number of esters is 2. The van der Waals surface area contributed by atoms with Crippen molar-refractivity contribution in [2.45, 2.75) is 0 Å². The molecule has 0 aliphatic heterocycles. The predicted octanol–water partition coefficient (Wildman–Crippen LogP) is -0.637. The molecule has 0 rings (SSSR count). The number of ether oxygens (including phenoxy) is 2.